The van der Waals surface area contributed by atoms with Crippen LogP contribution in [0.25, 0.3) is 33.2 Å². The van der Waals surface area contributed by atoms with Gasteiger partial charge in [0.25, 0.3) is 0 Å². The van der Waals surface area contributed by atoms with Crippen molar-refractivity contribution < 1.29 is 9.53 Å². The van der Waals surface area contributed by atoms with Crippen molar-refractivity contribution in [3.05, 3.63) is 66.0 Å². The molecule has 43 heavy (non-hydrogen) atoms. The van der Waals surface area contributed by atoms with Gasteiger partial charge < -0.3 is 9.72 Å². The summed E-state index contributed by atoms with van der Waals surface area (Å²) in [5, 5.41) is 16.2. The third kappa shape index (κ3) is 4.56. The topological polar surface area (TPSA) is 114 Å². The molecule has 1 aliphatic heterocycles. The maximum absolute atomic E-state index is 14.0. The zero-order chi connectivity index (χ0) is 29.6. The highest BCUT2D eigenvalue weighted by molar-refractivity contribution is 5.97. The number of nitrogens with zero attached hydrogens (tertiary/aromatic N) is 6. The first-order chi connectivity index (χ1) is 21.1. The number of benzene rings is 1. The van der Waals surface area contributed by atoms with Gasteiger partial charge in [-0.05, 0) is 55.2 Å². The number of para-hydroxylation sites is 1. The Hall–Kier alpha value is -4.29. The maximum atomic E-state index is 14.0. The van der Waals surface area contributed by atoms with E-state index in [9.17, 15) is 10.1 Å². The molecule has 2 aliphatic rings. The summed E-state index contributed by atoms with van der Waals surface area (Å²) in [5.41, 5.74) is 6.13. The summed E-state index contributed by atoms with van der Waals surface area (Å²) in [6.45, 7) is 4.83. The number of hydrogen-bond donors (Lipinski definition) is 1. The number of H-pyrrole nitrogens is 1. The van der Waals surface area contributed by atoms with E-state index in [2.05, 4.69) is 58.2 Å². The summed E-state index contributed by atoms with van der Waals surface area (Å²) < 4.78 is 10.1. The first kappa shape index (κ1) is 27.5. The molecule has 220 valence electrons. The molecule has 1 fully saturated rings. The average Bonchev–Trinajstić information content (AvgIpc) is 3.85. The van der Waals surface area contributed by atoms with Gasteiger partial charge in [0.2, 0.25) is 5.91 Å². The van der Waals surface area contributed by atoms with Crippen LogP contribution < -0.4 is 0 Å². The van der Waals surface area contributed by atoms with Gasteiger partial charge in [0, 0.05) is 34.2 Å². The number of aromatic amines is 1. The van der Waals surface area contributed by atoms with Crippen LogP contribution in [-0.4, -0.2) is 41.8 Å². The van der Waals surface area contributed by atoms with Crippen LogP contribution in [-0.2, 0) is 23.2 Å². The van der Waals surface area contributed by atoms with Crippen LogP contribution in [0.4, 0.5) is 0 Å². The molecule has 1 unspecified atom stereocenters. The molecule has 9 heteroatoms. The Kier molecular flexibility index (Phi) is 7.10. The van der Waals surface area contributed by atoms with E-state index in [-0.39, 0.29) is 18.4 Å². The molecule has 1 aliphatic carbocycles. The Balaban J connectivity index is 1.21. The number of aromatic nitrogens is 6. The van der Waals surface area contributed by atoms with Crippen LogP contribution in [0.5, 0.6) is 0 Å². The van der Waals surface area contributed by atoms with Gasteiger partial charge in [0.1, 0.15) is 11.9 Å². The third-order valence-corrected chi connectivity index (χ3v) is 9.81. The van der Waals surface area contributed by atoms with E-state index >= 15 is 0 Å². The number of rotatable bonds is 8. The maximum Gasteiger partial charge on any atom is 0.235 e. The second-order valence-electron chi connectivity index (χ2n) is 12.0. The fourth-order valence-electron chi connectivity index (χ4n) is 7.51. The van der Waals surface area contributed by atoms with Crippen LogP contribution in [0, 0.1) is 17.2 Å². The van der Waals surface area contributed by atoms with Gasteiger partial charge in [0.15, 0.2) is 5.65 Å². The molecule has 5 heterocycles. The molecule has 0 saturated heterocycles. The van der Waals surface area contributed by atoms with E-state index in [0.717, 1.165) is 53.5 Å². The molecule has 0 spiro atoms. The van der Waals surface area contributed by atoms with E-state index in [1.807, 2.05) is 23.1 Å². The van der Waals surface area contributed by atoms with Crippen molar-refractivity contribution in [3.63, 3.8) is 0 Å². The van der Waals surface area contributed by atoms with Crippen LogP contribution in [0.3, 0.4) is 0 Å². The number of hydrogen-bond acceptors (Lipinski definition) is 6. The Morgan fingerprint density at radius 2 is 2.07 bits per heavy atom. The molecular weight excluding hydrogens is 538 g/mol. The molecule has 0 radical (unpaired) electrons. The molecule has 7 rings (SSSR count). The Bertz CT molecular complexity index is 1850. The molecule has 9 nitrogen and oxygen atoms in total. The fourth-order valence-corrected chi connectivity index (χ4v) is 7.51. The van der Waals surface area contributed by atoms with E-state index < -0.39 is 5.60 Å². The molecule has 4 aromatic heterocycles. The molecule has 0 amide bonds. The number of nitrogens with one attached hydrogen (secondary N) is 1. The zero-order valence-electron chi connectivity index (χ0n) is 24.8. The van der Waals surface area contributed by atoms with Crippen molar-refractivity contribution in [3.8, 4) is 17.3 Å². The molecule has 1 saturated carbocycles. The number of nitriles is 1. The number of fused-ring (bicyclic) bond motifs is 4. The van der Waals surface area contributed by atoms with Crippen molar-refractivity contribution in [1.82, 2.24) is 29.3 Å². The van der Waals surface area contributed by atoms with Crippen LogP contribution in [0.1, 0.15) is 86.5 Å². The SMILES string of the molecule is CCc1cccc2c3c([nH]c12)C(CC)(CC(=O)n1ccc2c(-c4cnn([C@H](CC#N)C5CCCC5)c4)ncnc21)OCC3. The molecule has 5 aromatic rings. The summed E-state index contributed by atoms with van der Waals surface area (Å²) >= 11 is 0. The van der Waals surface area contributed by atoms with Crippen LogP contribution >= 0.6 is 0 Å². The van der Waals surface area contributed by atoms with Crippen molar-refractivity contribution in [2.75, 3.05) is 6.61 Å². The average molecular weight is 576 g/mol. The first-order valence-electron chi connectivity index (χ1n) is 15.6. The van der Waals surface area contributed by atoms with Gasteiger partial charge in [-0.1, -0.05) is 44.9 Å². The minimum Gasteiger partial charge on any atom is -0.368 e. The third-order valence-electron chi connectivity index (χ3n) is 9.81. The summed E-state index contributed by atoms with van der Waals surface area (Å²) in [6, 6.07) is 10.8. The predicted molar refractivity (Wildman–Crippen MR) is 165 cm³/mol. The van der Waals surface area contributed by atoms with Gasteiger partial charge in [0.05, 0.1) is 49.1 Å². The van der Waals surface area contributed by atoms with E-state index in [4.69, 9.17) is 4.74 Å². The Morgan fingerprint density at radius 3 is 2.86 bits per heavy atom. The minimum absolute atomic E-state index is 0.0633. The predicted octanol–water partition coefficient (Wildman–Crippen LogP) is 6.89. The van der Waals surface area contributed by atoms with Gasteiger partial charge >= 0.3 is 0 Å². The fraction of sp³-hybridized carbons (Fsp3) is 0.441. The van der Waals surface area contributed by atoms with Crippen molar-refractivity contribution in [2.45, 2.75) is 83.3 Å². The monoisotopic (exact) mass is 575 g/mol. The van der Waals surface area contributed by atoms with Gasteiger partial charge in [-0.15, -0.1) is 0 Å². The van der Waals surface area contributed by atoms with Gasteiger partial charge in [-0.25, -0.2) is 9.97 Å². The van der Waals surface area contributed by atoms with E-state index in [1.54, 1.807) is 10.8 Å². The van der Waals surface area contributed by atoms with Crippen LogP contribution in [0.2, 0.25) is 0 Å². The Labute approximate surface area is 250 Å². The lowest BCUT2D eigenvalue weighted by molar-refractivity contribution is -0.0667. The highest BCUT2D eigenvalue weighted by Gasteiger charge is 2.41. The lowest BCUT2D eigenvalue weighted by Crippen LogP contribution is -2.38. The Morgan fingerprint density at radius 1 is 1.21 bits per heavy atom. The van der Waals surface area contributed by atoms with Crippen molar-refractivity contribution in [2.24, 2.45) is 5.92 Å². The van der Waals surface area contributed by atoms with Crippen LogP contribution in [0.15, 0.2) is 49.2 Å². The lowest BCUT2D eigenvalue weighted by atomic mass is 9.86. The summed E-state index contributed by atoms with van der Waals surface area (Å²) in [7, 11) is 0. The standard InChI is InChI=1S/C34H37N7O2/c1-3-22-10-7-11-25-26-14-17-43-34(4-2,32(26)39-31(22)25)18-29(42)40-16-13-27-30(36-21-37-33(27)40)24-19-38-41(20-24)28(12-15-35)23-8-5-6-9-23/h7,10-11,13,16,19-21,23,28,39H,3-6,8-9,12,14,17-18H2,1-2H3/t28-,34?/m1/s1. The zero-order valence-corrected chi connectivity index (χ0v) is 24.8. The quantitative estimate of drug-likeness (QED) is 0.215. The second-order valence-corrected chi connectivity index (χ2v) is 12.0. The molecule has 0 bridgehead atoms. The number of carbonyl (C=O) groups excluding carboxylic acids is 1. The number of aryl methyl sites for hydroxylation is 1. The largest absolute Gasteiger partial charge is 0.368 e. The molecular formula is C34H37N7O2. The van der Waals surface area contributed by atoms with Gasteiger partial charge in [-0.2, -0.15) is 10.4 Å². The highest BCUT2D eigenvalue weighted by Crippen LogP contribution is 2.43. The van der Waals surface area contributed by atoms with E-state index in [0.29, 0.717) is 31.0 Å². The minimum atomic E-state index is -0.738. The van der Waals surface area contributed by atoms with E-state index in [1.165, 1.54) is 35.7 Å². The highest BCUT2D eigenvalue weighted by atomic mass is 16.5. The number of carbonyl (C=O) groups is 1. The molecule has 1 aromatic carbocycles. The summed E-state index contributed by atoms with van der Waals surface area (Å²) in [6.07, 6.45) is 14.9. The molecule has 2 atom stereocenters. The summed E-state index contributed by atoms with van der Waals surface area (Å²) in [5.74, 6) is 0.394. The number of ether oxygens (including phenoxy) is 1. The second kappa shape index (κ2) is 11.1. The van der Waals surface area contributed by atoms with Gasteiger partial charge in [-0.3, -0.25) is 14.0 Å². The normalized spacial score (nSPS) is 19.6. The lowest BCUT2D eigenvalue weighted by Gasteiger charge is -2.36. The summed E-state index contributed by atoms with van der Waals surface area (Å²) in [4.78, 5) is 26.9. The molecule has 1 N–H and O–H groups in total. The van der Waals surface area contributed by atoms with Crippen molar-refractivity contribution in [1.29, 1.82) is 5.26 Å². The van der Waals surface area contributed by atoms with Crippen molar-refractivity contribution >= 4 is 27.8 Å². The first-order valence-corrected chi connectivity index (χ1v) is 15.6. The smallest absolute Gasteiger partial charge is 0.235 e.